The Morgan fingerprint density at radius 3 is 1.74 bits per heavy atom. The molecule has 0 aliphatic carbocycles. The summed E-state index contributed by atoms with van der Waals surface area (Å²) < 4.78 is 0. The van der Waals surface area contributed by atoms with Gasteiger partial charge in [-0.05, 0) is 17.5 Å². The summed E-state index contributed by atoms with van der Waals surface area (Å²) in [6.07, 6.45) is 0. The van der Waals surface area contributed by atoms with E-state index in [1.807, 2.05) is 38.1 Å². The van der Waals surface area contributed by atoms with E-state index in [2.05, 4.69) is 31.3 Å². The van der Waals surface area contributed by atoms with Gasteiger partial charge in [-0.15, -0.1) is 25.3 Å². The average Bonchev–Trinajstić information content (AvgIpc) is 2.71. The lowest BCUT2D eigenvalue weighted by atomic mass is 9.94. The van der Waals surface area contributed by atoms with Crippen molar-refractivity contribution in [3.8, 4) is 6.07 Å². The maximum atomic E-state index is 11.1. The number of carbonyl (C=O) groups excluding carboxylic acids is 2. The van der Waals surface area contributed by atoms with Crippen LogP contribution in [0.25, 0.3) is 0 Å². The third kappa shape index (κ3) is 9.97. The Labute approximate surface area is 171 Å². The highest BCUT2D eigenvalue weighted by atomic mass is 32.1. The van der Waals surface area contributed by atoms with Crippen molar-refractivity contribution in [2.24, 2.45) is 0 Å². The third-order valence-electron chi connectivity index (χ3n) is 3.08. The number of nitrogens with zero attached hydrogens (tertiary/aromatic N) is 1. The van der Waals surface area contributed by atoms with Crippen LogP contribution in [0.5, 0.6) is 0 Å². The predicted molar refractivity (Wildman–Crippen MR) is 115 cm³/mol. The molecule has 5 nitrogen and oxygen atoms in total. The Balaban J connectivity index is 0. The molecule has 0 amide bonds. The molecule has 0 atom stereocenters. The minimum Gasteiger partial charge on any atom is -0.400 e. The minimum absolute atomic E-state index is 0.185. The molecule has 27 heavy (non-hydrogen) atoms. The Kier molecular flexibility index (Phi) is 16.2. The summed E-state index contributed by atoms with van der Waals surface area (Å²) in [4.78, 5) is 21.6. The van der Waals surface area contributed by atoms with Gasteiger partial charge >= 0.3 is 0 Å². The van der Waals surface area contributed by atoms with Crippen molar-refractivity contribution >= 4 is 35.5 Å². The largest absolute Gasteiger partial charge is 0.400 e. The van der Waals surface area contributed by atoms with E-state index >= 15 is 0 Å². The number of hydrogen-bond acceptors (Lipinski definition) is 5. The van der Waals surface area contributed by atoms with E-state index in [9.17, 15) is 9.59 Å². The monoisotopic (exact) mass is 407 g/mol. The van der Waals surface area contributed by atoms with Crippen LogP contribution in [-0.4, -0.2) is 34.7 Å². The van der Waals surface area contributed by atoms with Gasteiger partial charge < -0.3 is 10.2 Å². The molecule has 0 aromatic heterocycles. The molecule has 0 unspecified atom stereocenters. The lowest BCUT2D eigenvalue weighted by Crippen LogP contribution is -2.00. The highest BCUT2D eigenvalue weighted by Gasteiger charge is 2.13. The zero-order valence-corrected chi connectivity index (χ0v) is 17.5. The van der Waals surface area contributed by atoms with Crippen LogP contribution in [0, 0.1) is 11.3 Å². The average molecular weight is 408 g/mol. The SMILES string of the molecule is CC(C)c1cccc(C(=O)S)c1C#N.CO.CO.O=C(S)c1ccccc1. The van der Waals surface area contributed by atoms with Gasteiger partial charge in [-0.2, -0.15) is 5.26 Å². The van der Waals surface area contributed by atoms with Crippen LogP contribution in [0.3, 0.4) is 0 Å². The van der Waals surface area contributed by atoms with Gasteiger partial charge in [0.2, 0.25) is 10.2 Å². The number of aliphatic hydroxyl groups is 2. The van der Waals surface area contributed by atoms with Gasteiger partial charge in [0.25, 0.3) is 0 Å². The summed E-state index contributed by atoms with van der Waals surface area (Å²) in [5.41, 5.74) is 2.37. The van der Waals surface area contributed by atoms with Crippen molar-refractivity contribution in [3.63, 3.8) is 0 Å². The molecular formula is C20H25NO4S2. The molecule has 0 saturated heterocycles. The maximum absolute atomic E-state index is 11.1. The second-order valence-corrected chi connectivity index (χ2v) is 5.82. The third-order valence-corrected chi connectivity index (χ3v) is 3.58. The van der Waals surface area contributed by atoms with Gasteiger partial charge in [0.05, 0.1) is 5.56 Å². The topological polar surface area (TPSA) is 98.4 Å². The van der Waals surface area contributed by atoms with Crippen LogP contribution in [-0.2, 0) is 0 Å². The standard InChI is InChI=1S/C11H11NOS.C7H6OS.2CH4O/c1-7(2)8-4-3-5-9(11(13)14)10(8)6-12;8-7(9)6-4-2-1-3-5-6;2*1-2/h3-5,7H,1-2H3,(H,13,14);1-5H,(H,8,9);2*2H,1H3. The summed E-state index contributed by atoms with van der Waals surface area (Å²) in [6, 6.07) is 16.3. The molecule has 0 radical (unpaired) electrons. The predicted octanol–water partition coefficient (Wildman–Crippen LogP) is 3.73. The van der Waals surface area contributed by atoms with Gasteiger partial charge in [0.15, 0.2) is 0 Å². The highest BCUT2D eigenvalue weighted by Crippen LogP contribution is 2.22. The summed E-state index contributed by atoms with van der Waals surface area (Å²) in [7, 11) is 2.00. The van der Waals surface area contributed by atoms with Crippen LogP contribution in [0.15, 0.2) is 48.5 Å². The number of carbonyl (C=O) groups is 2. The number of aliphatic hydroxyl groups excluding tert-OH is 2. The summed E-state index contributed by atoms with van der Waals surface area (Å²) in [5, 5.41) is 22.4. The fraction of sp³-hybridized carbons (Fsp3) is 0.250. The van der Waals surface area contributed by atoms with Crippen molar-refractivity contribution < 1.29 is 19.8 Å². The van der Waals surface area contributed by atoms with E-state index in [-0.39, 0.29) is 16.1 Å². The van der Waals surface area contributed by atoms with E-state index in [0.717, 1.165) is 19.8 Å². The first-order valence-corrected chi connectivity index (χ1v) is 8.72. The minimum atomic E-state index is -0.357. The molecular weight excluding hydrogens is 382 g/mol. The Morgan fingerprint density at radius 2 is 1.41 bits per heavy atom. The van der Waals surface area contributed by atoms with E-state index in [4.69, 9.17) is 15.5 Å². The van der Waals surface area contributed by atoms with Crippen LogP contribution in [0.2, 0.25) is 0 Å². The molecule has 2 aromatic rings. The Morgan fingerprint density at radius 1 is 0.889 bits per heavy atom. The Bertz CT molecular complexity index is 741. The summed E-state index contributed by atoms with van der Waals surface area (Å²) >= 11 is 7.39. The van der Waals surface area contributed by atoms with Gasteiger partial charge in [0.1, 0.15) is 6.07 Å². The highest BCUT2D eigenvalue weighted by molar-refractivity contribution is 7.97. The first-order valence-electron chi connectivity index (χ1n) is 7.82. The smallest absolute Gasteiger partial charge is 0.217 e. The molecule has 0 bridgehead atoms. The molecule has 146 valence electrons. The second kappa shape index (κ2) is 16.1. The van der Waals surface area contributed by atoms with Crippen LogP contribution >= 0.6 is 25.3 Å². The summed E-state index contributed by atoms with van der Waals surface area (Å²) in [5.74, 6) is 0.234. The summed E-state index contributed by atoms with van der Waals surface area (Å²) in [6.45, 7) is 3.98. The van der Waals surface area contributed by atoms with Crippen molar-refractivity contribution in [1.82, 2.24) is 0 Å². The van der Waals surface area contributed by atoms with E-state index < -0.39 is 0 Å². The van der Waals surface area contributed by atoms with Crippen molar-refractivity contribution in [2.45, 2.75) is 19.8 Å². The number of hydrogen-bond donors (Lipinski definition) is 4. The first-order chi connectivity index (χ1) is 12.9. The normalized spacial score (nSPS) is 8.59. The molecule has 2 N–H and O–H groups in total. The van der Waals surface area contributed by atoms with E-state index in [1.54, 1.807) is 24.3 Å². The number of nitriles is 1. The Hall–Kier alpha value is -2.11. The second-order valence-electron chi connectivity index (χ2n) is 5.01. The molecule has 7 heteroatoms. The molecule has 0 fully saturated rings. The first kappa shape index (κ1) is 27.1. The van der Waals surface area contributed by atoms with E-state index in [0.29, 0.717) is 16.7 Å². The quantitative estimate of drug-likeness (QED) is 0.581. The van der Waals surface area contributed by atoms with Crippen molar-refractivity contribution in [1.29, 1.82) is 5.26 Å². The molecule has 0 heterocycles. The lowest BCUT2D eigenvalue weighted by Gasteiger charge is -2.09. The number of benzene rings is 2. The fourth-order valence-corrected chi connectivity index (χ4v) is 2.27. The number of rotatable bonds is 3. The van der Waals surface area contributed by atoms with Crippen molar-refractivity contribution in [3.05, 3.63) is 70.8 Å². The van der Waals surface area contributed by atoms with Crippen LogP contribution in [0.1, 0.15) is 51.6 Å². The van der Waals surface area contributed by atoms with Gasteiger partial charge in [-0.3, -0.25) is 9.59 Å². The van der Waals surface area contributed by atoms with Crippen molar-refractivity contribution in [2.75, 3.05) is 14.2 Å². The maximum Gasteiger partial charge on any atom is 0.217 e. The fourth-order valence-electron chi connectivity index (χ4n) is 1.94. The molecule has 2 aromatic carbocycles. The van der Waals surface area contributed by atoms with Crippen LogP contribution in [0.4, 0.5) is 0 Å². The van der Waals surface area contributed by atoms with Gasteiger partial charge in [-0.1, -0.05) is 56.3 Å². The van der Waals surface area contributed by atoms with Crippen LogP contribution < -0.4 is 0 Å². The molecule has 0 saturated carbocycles. The molecule has 0 aliphatic heterocycles. The van der Waals surface area contributed by atoms with Gasteiger partial charge in [-0.25, -0.2) is 0 Å². The number of thiol groups is 2. The lowest BCUT2D eigenvalue weighted by molar-refractivity contribution is 0.108. The molecule has 0 spiro atoms. The van der Waals surface area contributed by atoms with Gasteiger partial charge in [0, 0.05) is 25.3 Å². The van der Waals surface area contributed by atoms with E-state index in [1.165, 1.54) is 0 Å². The zero-order chi connectivity index (χ0) is 21.4. The molecule has 0 aliphatic rings. The molecule has 2 rings (SSSR count). The zero-order valence-electron chi connectivity index (χ0n) is 15.7.